The molecule has 0 aromatic rings. The molecule has 0 aliphatic carbocycles. The van der Waals surface area contributed by atoms with Gasteiger partial charge >= 0.3 is 0 Å². The maximum atomic E-state index is 10.1. The van der Waals surface area contributed by atoms with E-state index >= 15 is 0 Å². The second-order valence-corrected chi connectivity index (χ2v) is 2.04. The summed E-state index contributed by atoms with van der Waals surface area (Å²) in [5.41, 5.74) is 0. The minimum Gasteiger partial charge on any atom is -0.293 e. The van der Waals surface area contributed by atoms with Crippen LogP contribution in [-0.4, -0.2) is 11.0 Å². The van der Waals surface area contributed by atoms with Gasteiger partial charge in [0.1, 0.15) is 0 Å². The van der Waals surface area contributed by atoms with Gasteiger partial charge in [0.25, 0.3) is 0 Å². The Morgan fingerprint density at radius 1 is 1.57 bits per heavy atom. The van der Waals surface area contributed by atoms with Gasteiger partial charge in [-0.05, 0) is 0 Å². The summed E-state index contributed by atoms with van der Waals surface area (Å²) in [5.74, 6) is -0.185. The van der Waals surface area contributed by atoms with Crippen LogP contribution in [0.4, 0.5) is 0 Å². The number of hydrogen-bond acceptors (Lipinski definition) is 3. The van der Waals surface area contributed by atoms with E-state index in [0.29, 0.717) is 0 Å². The van der Waals surface area contributed by atoms with Crippen LogP contribution in [-0.2, 0) is 9.59 Å². The number of nitrogens with one attached hydrogen (secondary N) is 1. The summed E-state index contributed by atoms with van der Waals surface area (Å²) in [6, 6.07) is 0. The third-order valence-corrected chi connectivity index (χ3v) is 1.29. The Kier molecular flexibility index (Phi) is 1.02. The lowest BCUT2D eigenvalue weighted by atomic mass is 10.5. The van der Waals surface area contributed by atoms with Gasteiger partial charge in [0.15, 0.2) is 0 Å². The molecule has 3 nitrogen and oxygen atoms in total. The van der Waals surface area contributed by atoms with Gasteiger partial charge in [0.2, 0.25) is 11.0 Å². The molecule has 0 saturated carbocycles. The lowest BCUT2D eigenvalue weighted by Gasteiger charge is -1.76. The Labute approximate surface area is 44.6 Å². The summed E-state index contributed by atoms with van der Waals surface area (Å²) >= 11 is 0.867. The normalized spacial score (nSPS) is 20.0. The fraction of sp³-hybridized carbons (Fsp3) is 0.333. The first-order valence-electron chi connectivity index (χ1n) is 1.77. The smallest absolute Gasteiger partial charge is 0.238 e. The highest BCUT2D eigenvalue weighted by atomic mass is 32.2. The molecule has 1 saturated heterocycles. The van der Waals surface area contributed by atoms with Crippen molar-refractivity contribution in [2.24, 2.45) is 0 Å². The standard InChI is InChI=1S/C3H3NO2S/c5-2-1-3(6)7-4-2/h1H2,(H,4,5). The molecule has 4 heteroatoms. The second-order valence-electron chi connectivity index (χ2n) is 1.18. The molecule has 1 aliphatic rings. The molecule has 0 radical (unpaired) electrons. The van der Waals surface area contributed by atoms with Crippen molar-refractivity contribution in [2.75, 3.05) is 0 Å². The molecule has 0 bridgehead atoms. The number of amides is 1. The average Bonchev–Trinajstić information content (AvgIpc) is 1.87. The van der Waals surface area contributed by atoms with Crippen molar-refractivity contribution in [3.05, 3.63) is 0 Å². The molecule has 1 amide bonds. The summed E-state index contributed by atoms with van der Waals surface area (Å²) in [7, 11) is 0. The molecule has 0 unspecified atom stereocenters. The van der Waals surface area contributed by atoms with Gasteiger partial charge < -0.3 is 0 Å². The molecule has 1 rings (SSSR count). The quantitative estimate of drug-likeness (QED) is 0.349. The SMILES string of the molecule is O=C1CC(=O)SN1. The highest BCUT2D eigenvalue weighted by molar-refractivity contribution is 8.13. The first kappa shape index (κ1) is 4.64. The highest BCUT2D eigenvalue weighted by Gasteiger charge is 2.17. The van der Waals surface area contributed by atoms with Gasteiger partial charge in [-0.2, -0.15) is 0 Å². The third kappa shape index (κ3) is 0.928. The van der Waals surface area contributed by atoms with E-state index < -0.39 is 0 Å². The number of hydrogen-bond donors (Lipinski definition) is 1. The van der Waals surface area contributed by atoms with E-state index in [4.69, 9.17) is 0 Å². The van der Waals surface area contributed by atoms with Crippen molar-refractivity contribution < 1.29 is 9.59 Å². The molecule has 0 atom stereocenters. The van der Waals surface area contributed by atoms with Gasteiger partial charge in [-0.3, -0.25) is 14.3 Å². The minimum atomic E-state index is -0.185. The molecule has 0 aromatic carbocycles. The minimum absolute atomic E-state index is 0.0463. The molecule has 1 aliphatic heterocycles. The predicted octanol–water partition coefficient (Wildman–Crippen LogP) is -0.319. The van der Waals surface area contributed by atoms with E-state index in [0.717, 1.165) is 11.9 Å². The fourth-order valence-corrected chi connectivity index (χ4v) is 0.820. The van der Waals surface area contributed by atoms with Crippen molar-refractivity contribution in [2.45, 2.75) is 6.42 Å². The van der Waals surface area contributed by atoms with Crippen LogP contribution in [0.5, 0.6) is 0 Å². The van der Waals surface area contributed by atoms with Gasteiger partial charge in [0, 0.05) is 11.9 Å². The van der Waals surface area contributed by atoms with Crippen LogP contribution in [0.2, 0.25) is 0 Å². The fourth-order valence-electron chi connectivity index (χ4n) is 0.317. The van der Waals surface area contributed by atoms with Crippen molar-refractivity contribution in [3.63, 3.8) is 0 Å². The summed E-state index contributed by atoms with van der Waals surface area (Å²) < 4.78 is 2.30. The Morgan fingerprint density at radius 2 is 2.29 bits per heavy atom. The maximum Gasteiger partial charge on any atom is 0.238 e. The summed E-state index contributed by atoms with van der Waals surface area (Å²) in [5, 5.41) is -0.0926. The Hall–Kier alpha value is -0.510. The topological polar surface area (TPSA) is 46.2 Å². The van der Waals surface area contributed by atoms with Crippen molar-refractivity contribution >= 4 is 23.0 Å². The average molecular weight is 117 g/mol. The lowest BCUT2D eigenvalue weighted by Crippen LogP contribution is -2.04. The summed E-state index contributed by atoms with van der Waals surface area (Å²) in [6.07, 6.45) is 0.0463. The largest absolute Gasteiger partial charge is 0.293 e. The van der Waals surface area contributed by atoms with Gasteiger partial charge in [-0.15, -0.1) is 0 Å². The molecule has 0 aromatic heterocycles. The van der Waals surface area contributed by atoms with Crippen LogP contribution < -0.4 is 4.72 Å². The predicted molar refractivity (Wildman–Crippen MR) is 25.4 cm³/mol. The zero-order chi connectivity index (χ0) is 5.28. The Morgan fingerprint density at radius 3 is 2.43 bits per heavy atom. The molecule has 38 valence electrons. The molecule has 7 heavy (non-hydrogen) atoms. The highest BCUT2D eigenvalue weighted by Crippen LogP contribution is 2.07. The van der Waals surface area contributed by atoms with Crippen LogP contribution in [0.15, 0.2) is 0 Å². The van der Waals surface area contributed by atoms with Crippen LogP contribution in [0, 0.1) is 0 Å². The molecule has 1 heterocycles. The van der Waals surface area contributed by atoms with Crippen molar-refractivity contribution in [1.29, 1.82) is 0 Å². The summed E-state index contributed by atoms with van der Waals surface area (Å²) in [4.78, 5) is 20.2. The maximum absolute atomic E-state index is 10.1. The van der Waals surface area contributed by atoms with E-state index in [2.05, 4.69) is 4.72 Å². The third-order valence-electron chi connectivity index (χ3n) is 0.584. The zero-order valence-corrected chi connectivity index (χ0v) is 4.25. The monoisotopic (exact) mass is 117 g/mol. The molecular weight excluding hydrogens is 114 g/mol. The summed E-state index contributed by atoms with van der Waals surface area (Å²) in [6.45, 7) is 0. The molecule has 0 spiro atoms. The second kappa shape index (κ2) is 1.54. The van der Waals surface area contributed by atoms with E-state index in [9.17, 15) is 9.59 Å². The van der Waals surface area contributed by atoms with Crippen molar-refractivity contribution in [3.8, 4) is 0 Å². The lowest BCUT2D eigenvalue weighted by molar-refractivity contribution is -0.121. The number of rotatable bonds is 0. The molecule has 1 N–H and O–H groups in total. The molecule has 1 fully saturated rings. The first-order chi connectivity index (χ1) is 3.29. The van der Waals surface area contributed by atoms with E-state index in [-0.39, 0.29) is 17.4 Å². The van der Waals surface area contributed by atoms with Crippen LogP contribution in [0.25, 0.3) is 0 Å². The Balaban J connectivity index is 2.55. The van der Waals surface area contributed by atoms with Gasteiger partial charge in [-0.1, -0.05) is 0 Å². The Bertz CT molecular complexity index is 108. The van der Waals surface area contributed by atoms with E-state index in [1.807, 2.05) is 0 Å². The van der Waals surface area contributed by atoms with E-state index in [1.165, 1.54) is 0 Å². The molecular formula is C3H3NO2S. The number of carbonyl (C=O) groups excluding carboxylic acids is 2. The van der Waals surface area contributed by atoms with E-state index in [1.54, 1.807) is 0 Å². The first-order valence-corrected chi connectivity index (χ1v) is 2.59. The number of carbonyl (C=O) groups is 2. The van der Waals surface area contributed by atoms with Crippen molar-refractivity contribution in [1.82, 2.24) is 4.72 Å². The van der Waals surface area contributed by atoms with Crippen LogP contribution in [0.3, 0.4) is 0 Å². The van der Waals surface area contributed by atoms with Crippen LogP contribution in [0.1, 0.15) is 6.42 Å². The van der Waals surface area contributed by atoms with Gasteiger partial charge in [0.05, 0.1) is 6.42 Å². The zero-order valence-electron chi connectivity index (χ0n) is 3.43. The van der Waals surface area contributed by atoms with Gasteiger partial charge in [-0.25, -0.2) is 0 Å². The van der Waals surface area contributed by atoms with Crippen LogP contribution >= 0.6 is 11.9 Å².